The molecule has 136 valence electrons. The molecule has 6 heteroatoms. The van der Waals surface area contributed by atoms with Gasteiger partial charge in [0, 0.05) is 4.90 Å². The van der Waals surface area contributed by atoms with Gasteiger partial charge >= 0.3 is 0 Å². The molecule has 0 spiro atoms. The van der Waals surface area contributed by atoms with Crippen molar-refractivity contribution in [3.05, 3.63) is 18.2 Å². The minimum Gasteiger partial charge on any atom is -0.487 e. The third kappa shape index (κ3) is 7.75. The lowest BCUT2D eigenvalue weighted by atomic mass is 10.3. The van der Waals surface area contributed by atoms with Crippen molar-refractivity contribution in [1.82, 2.24) is 0 Å². The van der Waals surface area contributed by atoms with Gasteiger partial charge in [0.2, 0.25) is 0 Å². The van der Waals surface area contributed by atoms with Crippen molar-refractivity contribution in [1.29, 1.82) is 0 Å². The lowest BCUT2D eigenvalue weighted by molar-refractivity contribution is 0.00708. The van der Waals surface area contributed by atoms with E-state index in [0.29, 0.717) is 52.9 Å². The molecular weight excluding hydrogens is 328 g/mol. The van der Waals surface area contributed by atoms with E-state index in [9.17, 15) is 0 Å². The van der Waals surface area contributed by atoms with Crippen molar-refractivity contribution in [2.24, 2.45) is 0 Å². The Bertz CT molecular complexity index is 455. The molecule has 5 nitrogen and oxygen atoms in total. The molecule has 0 fully saturated rings. The maximum atomic E-state index is 5.87. The Hall–Kier alpha value is -0.950. The van der Waals surface area contributed by atoms with E-state index >= 15 is 0 Å². The van der Waals surface area contributed by atoms with Crippen LogP contribution in [-0.4, -0.2) is 58.6 Å². The zero-order valence-electron chi connectivity index (χ0n) is 14.5. The molecule has 0 amide bonds. The lowest BCUT2D eigenvalue weighted by Crippen LogP contribution is -2.13. The Labute approximate surface area is 148 Å². The van der Waals surface area contributed by atoms with Crippen LogP contribution in [0.3, 0.4) is 0 Å². The molecule has 0 saturated heterocycles. The Morgan fingerprint density at radius 1 is 0.792 bits per heavy atom. The summed E-state index contributed by atoms with van der Waals surface area (Å²) in [5, 5.41) is 0. The smallest absolute Gasteiger partial charge is 0.162 e. The van der Waals surface area contributed by atoms with Crippen molar-refractivity contribution in [3.63, 3.8) is 0 Å². The number of fused-ring (bicyclic) bond motifs is 1. The highest BCUT2D eigenvalue weighted by Crippen LogP contribution is 2.32. The van der Waals surface area contributed by atoms with Crippen LogP contribution in [0, 0.1) is 0 Å². The molecule has 1 aromatic carbocycles. The molecule has 2 rings (SSSR count). The fraction of sp³-hybridized carbons (Fsp3) is 0.667. The third-order valence-corrected chi connectivity index (χ3v) is 4.48. The second-order valence-electron chi connectivity index (χ2n) is 5.34. The van der Waals surface area contributed by atoms with E-state index in [1.807, 2.05) is 17.8 Å². The van der Waals surface area contributed by atoms with E-state index in [1.54, 1.807) is 0 Å². The zero-order chi connectivity index (χ0) is 16.9. The second kappa shape index (κ2) is 12.4. The number of benzene rings is 1. The maximum Gasteiger partial charge on any atom is 0.162 e. The minimum absolute atomic E-state index is 0.495. The predicted molar refractivity (Wildman–Crippen MR) is 95.5 cm³/mol. The highest BCUT2D eigenvalue weighted by molar-refractivity contribution is 7.99. The van der Waals surface area contributed by atoms with Crippen LogP contribution in [-0.2, 0) is 14.2 Å². The number of thioether (sulfide) groups is 1. The summed E-state index contributed by atoms with van der Waals surface area (Å²) in [5.41, 5.74) is 0. The Morgan fingerprint density at radius 3 is 2.00 bits per heavy atom. The van der Waals surface area contributed by atoms with Crippen molar-refractivity contribution >= 4 is 11.8 Å². The standard InChI is InChI=1S/C18H28O5S/c1-2-3-14-24-16-4-5-17-18(15-16)23-13-11-21-9-7-19-6-8-20-10-12-22-17/h4-5,15H,2-3,6-14H2,1H3. The first-order valence-corrected chi connectivity index (χ1v) is 9.64. The predicted octanol–water partition coefficient (Wildman–Crippen LogP) is 3.40. The summed E-state index contributed by atoms with van der Waals surface area (Å²) in [5.74, 6) is 2.64. The monoisotopic (exact) mass is 356 g/mol. The fourth-order valence-electron chi connectivity index (χ4n) is 2.11. The molecule has 0 atom stereocenters. The van der Waals surface area contributed by atoms with Crippen LogP contribution in [0.4, 0.5) is 0 Å². The van der Waals surface area contributed by atoms with Gasteiger partial charge in [-0.1, -0.05) is 13.3 Å². The molecule has 1 aromatic rings. The summed E-state index contributed by atoms with van der Waals surface area (Å²) in [4.78, 5) is 1.20. The summed E-state index contributed by atoms with van der Waals surface area (Å²) in [6.07, 6.45) is 2.42. The topological polar surface area (TPSA) is 46.2 Å². The molecule has 0 radical (unpaired) electrons. The summed E-state index contributed by atoms with van der Waals surface area (Å²) in [6, 6.07) is 6.12. The Kier molecular flexibility index (Phi) is 10.0. The number of ether oxygens (including phenoxy) is 5. The highest BCUT2D eigenvalue weighted by Gasteiger charge is 2.08. The van der Waals surface area contributed by atoms with E-state index in [4.69, 9.17) is 23.7 Å². The average molecular weight is 356 g/mol. The SMILES string of the molecule is CCCCSc1ccc2c(c1)OCCOCCOCCOCCO2. The molecule has 0 saturated carbocycles. The quantitative estimate of drug-likeness (QED) is 0.609. The molecule has 0 bridgehead atoms. The van der Waals surface area contributed by atoms with Crippen molar-refractivity contribution in [3.8, 4) is 11.5 Å². The van der Waals surface area contributed by atoms with Gasteiger partial charge < -0.3 is 23.7 Å². The van der Waals surface area contributed by atoms with Gasteiger partial charge in [-0.3, -0.25) is 0 Å². The van der Waals surface area contributed by atoms with Crippen molar-refractivity contribution < 1.29 is 23.7 Å². The first-order valence-electron chi connectivity index (χ1n) is 8.66. The normalized spacial score (nSPS) is 17.7. The van der Waals surface area contributed by atoms with Gasteiger partial charge in [-0.25, -0.2) is 0 Å². The fourth-order valence-corrected chi connectivity index (χ4v) is 3.13. The van der Waals surface area contributed by atoms with E-state index in [-0.39, 0.29) is 0 Å². The molecule has 24 heavy (non-hydrogen) atoms. The highest BCUT2D eigenvalue weighted by atomic mass is 32.2. The third-order valence-electron chi connectivity index (χ3n) is 3.40. The molecule has 1 heterocycles. The van der Waals surface area contributed by atoms with Crippen LogP contribution in [0.5, 0.6) is 11.5 Å². The number of unbranched alkanes of at least 4 members (excludes halogenated alkanes) is 1. The second-order valence-corrected chi connectivity index (χ2v) is 6.51. The summed E-state index contributed by atoms with van der Waals surface area (Å²) in [7, 11) is 0. The van der Waals surface area contributed by atoms with Crippen molar-refractivity contribution in [2.45, 2.75) is 24.7 Å². The molecule has 1 aliphatic heterocycles. The number of hydrogen-bond donors (Lipinski definition) is 0. The van der Waals surface area contributed by atoms with Gasteiger partial charge in [-0.05, 0) is 30.4 Å². The van der Waals surface area contributed by atoms with E-state index in [1.165, 1.54) is 17.7 Å². The maximum absolute atomic E-state index is 5.87. The first kappa shape index (κ1) is 19.4. The van der Waals surface area contributed by atoms with Gasteiger partial charge in [-0.2, -0.15) is 0 Å². The van der Waals surface area contributed by atoms with Crippen LogP contribution in [0.2, 0.25) is 0 Å². The molecule has 0 aromatic heterocycles. The molecule has 0 N–H and O–H groups in total. The zero-order valence-corrected chi connectivity index (χ0v) is 15.3. The lowest BCUT2D eigenvalue weighted by Gasteiger charge is -2.14. The van der Waals surface area contributed by atoms with Gasteiger partial charge in [0.15, 0.2) is 11.5 Å². The first-order chi connectivity index (χ1) is 11.9. The number of rotatable bonds is 4. The van der Waals surface area contributed by atoms with Crippen LogP contribution >= 0.6 is 11.8 Å². The van der Waals surface area contributed by atoms with Gasteiger partial charge in [-0.15, -0.1) is 11.8 Å². The van der Waals surface area contributed by atoms with Crippen LogP contribution in [0.15, 0.2) is 23.1 Å². The minimum atomic E-state index is 0.495. The molecule has 0 aliphatic carbocycles. The van der Waals surface area contributed by atoms with Gasteiger partial charge in [0.25, 0.3) is 0 Å². The largest absolute Gasteiger partial charge is 0.487 e. The molecule has 1 aliphatic rings. The van der Waals surface area contributed by atoms with Gasteiger partial charge in [0.05, 0.1) is 39.6 Å². The van der Waals surface area contributed by atoms with Crippen LogP contribution < -0.4 is 9.47 Å². The molecule has 0 unspecified atom stereocenters. The van der Waals surface area contributed by atoms with E-state index < -0.39 is 0 Å². The van der Waals surface area contributed by atoms with Crippen LogP contribution in [0.1, 0.15) is 19.8 Å². The Morgan fingerprint density at radius 2 is 1.38 bits per heavy atom. The number of hydrogen-bond acceptors (Lipinski definition) is 6. The Balaban J connectivity index is 1.94. The van der Waals surface area contributed by atoms with E-state index in [0.717, 1.165) is 17.3 Å². The van der Waals surface area contributed by atoms with Crippen molar-refractivity contribution in [2.75, 3.05) is 58.6 Å². The summed E-state index contributed by atoms with van der Waals surface area (Å²) >= 11 is 1.85. The van der Waals surface area contributed by atoms with Gasteiger partial charge in [0.1, 0.15) is 13.2 Å². The van der Waals surface area contributed by atoms with E-state index in [2.05, 4.69) is 19.1 Å². The summed E-state index contributed by atoms with van der Waals surface area (Å²) < 4.78 is 28.0. The summed E-state index contributed by atoms with van der Waals surface area (Å²) in [6.45, 7) is 6.56. The van der Waals surface area contributed by atoms with Crippen LogP contribution in [0.25, 0.3) is 0 Å². The molecular formula is C18H28O5S. The average Bonchev–Trinajstić information content (AvgIpc) is 2.61.